The highest BCUT2D eigenvalue weighted by molar-refractivity contribution is 5.82. The standard InChI is InChI=1S/C20H24O5/c1-11-13(7-8-24-11)18-6-5-15-14(19(23)25-18)4-3-12-9-16(21)17(22)10-20(12,15)2/h3,6-8,14-17,21-22H,4-5,9-10H2,1-2H3/t14-,15-,16-,17-,20+/m1/s1. The van der Waals surface area contributed by atoms with Crippen molar-refractivity contribution in [2.45, 2.75) is 51.7 Å². The third kappa shape index (κ3) is 2.57. The van der Waals surface area contributed by atoms with Gasteiger partial charge in [0.2, 0.25) is 0 Å². The average molecular weight is 344 g/mol. The van der Waals surface area contributed by atoms with E-state index in [1.54, 1.807) is 6.26 Å². The summed E-state index contributed by atoms with van der Waals surface area (Å²) in [5, 5.41) is 20.3. The molecule has 25 heavy (non-hydrogen) atoms. The highest BCUT2D eigenvalue weighted by Gasteiger charge is 2.51. The molecule has 2 heterocycles. The van der Waals surface area contributed by atoms with E-state index in [0.717, 1.165) is 16.9 Å². The smallest absolute Gasteiger partial charge is 0.314 e. The van der Waals surface area contributed by atoms with E-state index in [1.165, 1.54) is 0 Å². The minimum atomic E-state index is -0.750. The van der Waals surface area contributed by atoms with Crippen LogP contribution in [0.25, 0.3) is 5.76 Å². The number of hydrogen-bond acceptors (Lipinski definition) is 5. The number of aliphatic hydroxyl groups is 2. The van der Waals surface area contributed by atoms with E-state index in [1.807, 2.05) is 19.1 Å². The van der Waals surface area contributed by atoms with Crippen molar-refractivity contribution >= 4 is 11.7 Å². The lowest BCUT2D eigenvalue weighted by molar-refractivity contribution is -0.146. The monoisotopic (exact) mass is 344 g/mol. The van der Waals surface area contributed by atoms with Crippen molar-refractivity contribution < 1.29 is 24.2 Å². The van der Waals surface area contributed by atoms with Gasteiger partial charge in [0, 0.05) is 0 Å². The molecule has 3 aliphatic rings. The number of carbonyl (C=O) groups is 1. The summed E-state index contributed by atoms with van der Waals surface area (Å²) in [6.45, 7) is 3.96. The molecule has 2 N–H and O–H groups in total. The molecule has 2 aliphatic carbocycles. The molecule has 4 rings (SSSR count). The zero-order valence-electron chi connectivity index (χ0n) is 14.6. The minimum Gasteiger partial charge on any atom is -0.469 e. The molecule has 0 amide bonds. The Morgan fingerprint density at radius 3 is 2.72 bits per heavy atom. The Kier molecular flexibility index (Phi) is 3.89. The van der Waals surface area contributed by atoms with Gasteiger partial charge in [-0.1, -0.05) is 18.6 Å². The molecular formula is C20H24O5. The summed E-state index contributed by atoms with van der Waals surface area (Å²) in [4.78, 5) is 12.8. The molecule has 0 radical (unpaired) electrons. The Morgan fingerprint density at radius 1 is 1.20 bits per heavy atom. The predicted molar refractivity (Wildman–Crippen MR) is 91.2 cm³/mol. The van der Waals surface area contributed by atoms with Gasteiger partial charge in [-0.15, -0.1) is 0 Å². The summed E-state index contributed by atoms with van der Waals surface area (Å²) in [5.74, 6) is 0.910. The van der Waals surface area contributed by atoms with E-state index in [2.05, 4.69) is 13.0 Å². The first-order valence-electron chi connectivity index (χ1n) is 8.92. The van der Waals surface area contributed by atoms with Gasteiger partial charge in [0.25, 0.3) is 0 Å². The molecule has 0 spiro atoms. The maximum Gasteiger partial charge on any atom is 0.314 e. The maximum absolute atomic E-state index is 12.8. The van der Waals surface area contributed by atoms with Crippen molar-refractivity contribution in [2.75, 3.05) is 0 Å². The number of allylic oxidation sites excluding steroid dienone is 2. The topological polar surface area (TPSA) is 79.9 Å². The maximum atomic E-state index is 12.8. The quantitative estimate of drug-likeness (QED) is 0.605. The van der Waals surface area contributed by atoms with E-state index in [-0.39, 0.29) is 23.2 Å². The number of cyclic esters (lactones) is 1. The highest BCUT2D eigenvalue weighted by Crippen LogP contribution is 2.55. The summed E-state index contributed by atoms with van der Waals surface area (Å²) in [5.41, 5.74) is 1.68. The fourth-order valence-electron chi connectivity index (χ4n) is 4.83. The first-order chi connectivity index (χ1) is 11.9. The van der Waals surface area contributed by atoms with Crippen LogP contribution in [0.4, 0.5) is 0 Å². The number of furan rings is 1. The number of hydrogen-bond donors (Lipinski definition) is 2. The fraction of sp³-hybridized carbons (Fsp3) is 0.550. The Bertz CT molecular complexity index is 758. The van der Waals surface area contributed by atoms with Gasteiger partial charge < -0.3 is 19.4 Å². The number of rotatable bonds is 1. The molecule has 0 unspecified atom stereocenters. The number of carbonyl (C=O) groups excluding carboxylic acids is 1. The van der Waals surface area contributed by atoms with Crippen molar-refractivity contribution in [1.82, 2.24) is 0 Å². The highest BCUT2D eigenvalue weighted by atomic mass is 16.5. The molecular weight excluding hydrogens is 320 g/mol. The second kappa shape index (κ2) is 5.85. The van der Waals surface area contributed by atoms with E-state index in [0.29, 0.717) is 31.4 Å². The molecule has 0 saturated heterocycles. The zero-order valence-corrected chi connectivity index (χ0v) is 14.6. The lowest BCUT2D eigenvalue weighted by atomic mass is 9.55. The Balaban J connectivity index is 1.70. The van der Waals surface area contributed by atoms with E-state index < -0.39 is 12.2 Å². The average Bonchev–Trinajstić information content (AvgIpc) is 2.90. The Morgan fingerprint density at radius 2 is 2.00 bits per heavy atom. The minimum absolute atomic E-state index is 0.0619. The number of aliphatic hydroxyl groups excluding tert-OH is 2. The van der Waals surface area contributed by atoms with Gasteiger partial charge in [-0.05, 0) is 56.1 Å². The van der Waals surface area contributed by atoms with Gasteiger partial charge in [0.15, 0.2) is 0 Å². The molecule has 1 aromatic rings. The lowest BCUT2D eigenvalue weighted by Gasteiger charge is -2.50. The summed E-state index contributed by atoms with van der Waals surface area (Å²) in [6, 6.07) is 1.82. The number of ether oxygens (including phenoxy) is 1. The number of esters is 1. The molecule has 5 nitrogen and oxygen atoms in total. The third-order valence-electron chi connectivity index (χ3n) is 6.36. The predicted octanol–water partition coefficient (Wildman–Crippen LogP) is 2.96. The van der Waals surface area contributed by atoms with Gasteiger partial charge in [-0.25, -0.2) is 0 Å². The van der Waals surface area contributed by atoms with Crippen LogP contribution in [0.15, 0.2) is 34.5 Å². The summed E-state index contributed by atoms with van der Waals surface area (Å²) < 4.78 is 11.0. The van der Waals surface area contributed by atoms with Crippen LogP contribution in [0.1, 0.15) is 43.9 Å². The van der Waals surface area contributed by atoms with Crippen molar-refractivity contribution in [3.05, 3.63) is 41.4 Å². The summed E-state index contributed by atoms with van der Waals surface area (Å²) in [7, 11) is 0. The van der Waals surface area contributed by atoms with E-state index in [9.17, 15) is 15.0 Å². The first kappa shape index (κ1) is 16.6. The van der Waals surface area contributed by atoms with Crippen LogP contribution in [0.3, 0.4) is 0 Å². The third-order valence-corrected chi connectivity index (χ3v) is 6.36. The van der Waals surface area contributed by atoms with Crippen LogP contribution < -0.4 is 0 Å². The molecule has 1 aromatic heterocycles. The normalized spacial score (nSPS) is 38.0. The van der Waals surface area contributed by atoms with Gasteiger partial charge >= 0.3 is 5.97 Å². The van der Waals surface area contributed by atoms with Gasteiger partial charge in [0.05, 0.1) is 30.0 Å². The lowest BCUT2D eigenvalue weighted by Crippen LogP contribution is -2.48. The van der Waals surface area contributed by atoms with Gasteiger partial charge in [-0.2, -0.15) is 0 Å². The molecule has 134 valence electrons. The summed E-state index contributed by atoms with van der Waals surface area (Å²) in [6.07, 6.45) is 6.47. The molecule has 1 fully saturated rings. The van der Waals surface area contributed by atoms with Gasteiger partial charge in [-0.3, -0.25) is 4.79 Å². The fourth-order valence-corrected chi connectivity index (χ4v) is 4.83. The SMILES string of the molecule is Cc1occc1C1=CC[C@@H]2[C@@H](CC=C3C[C@@H](O)[C@H](O)C[C@@]32C)C(=O)O1. The van der Waals surface area contributed by atoms with Crippen molar-refractivity contribution in [2.24, 2.45) is 17.3 Å². The van der Waals surface area contributed by atoms with Crippen molar-refractivity contribution in [1.29, 1.82) is 0 Å². The van der Waals surface area contributed by atoms with Crippen molar-refractivity contribution in [3.8, 4) is 0 Å². The van der Waals surface area contributed by atoms with Gasteiger partial charge in [0.1, 0.15) is 11.5 Å². The first-order valence-corrected chi connectivity index (χ1v) is 8.92. The second-order valence-corrected chi connectivity index (χ2v) is 7.75. The van der Waals surface area contributed by atoms with Crippen LogP contribution in [0, 0.1) is 24.2 Å². The van der Waals surface area contributed by atoms with Crippen LogP contribution in [-0.4, -0.2) is 28.4 Å². The van der Waals surface area contributed by atoms with Crippen LogP contribution in [0.5, 0.6) is 0 Å². The molecule has 1 saturated carbocycles. The Labute approximate surface area is 147 Å². The zero-order chi connectivity index (χ0) is 17.8. The molecule has 0 bridgehead atoms. The van der Waals surface area contributed by atoms with Crippen LogP contribution in [-0.2, 0) is 9.53 Å². The van der Waals surface area contributed by atoms with E-state index in [4.69, 9.17) is 9.15 Å². The van der Waals surface area contributed by atoms with Crippen LogP contribution >= 0.6 is 0 Å². The Hall–Kier alpha value is -1.85. The summed E-state index contributed by atoms with van der Waals surface area (Å²) >= 11 is 0. The molecule has 1 aliphatic heterocycles. The second-order valence-electron chi connectivity index (χ2n) is 7.75. The molecule has 5 heteroatoms. The van der Waals surface area contributed by atoms with Crippen molar-refractivity contribution in [3.63, 3.8) is 0 Å². The van der Waals surface area contributed by atoms with Crippen LogP contribution in [0.2, 0.25) is 0 Å². The number of fused-ring (bicyclic) bond motifs is 3. The molecule has 5 atom stereocenters. The van der Waals surface area contributed by atoms with E-state index >= 15 is 0 Å². The number of aryl methyl sites for hydroxylation is 1. The largest absolute Gasteiger partial charge is 0.469 e. The molecule has 0 aromatic carbocycles.